The van der Waals surface area contributed by atoms with E-state index >= 15 is 0 Å². The molecular formula is C23H22O7. The molecule has 1 unspecified atom stereocenters. The van der Waals surface area contributed by atoms with Gasteiger partial charge in [0.05, 0.1) is 5.57 Å². The van der Waals surface area contributed by atoms with Crippen molar-refractivity contribution >= 4 is 5.97 Å². The number of aromatic hydroxyl groups is 4. The van der Waals surface area contributed by atoms with Crippen LogP contribution in [0, 0.1) is 0 Å². The number of hydrogen-bond donors (Lipinski definition) is 4. The molecule has 2 aromatic carbocycles. The highest BCUT2D eigenvalue weighted by molar-refractivity contribution is 5.92. The van der Waals surface area contributed by atoms with Gasteiger partial charge in [-0.3, -0.25) is 0 Å². The number of esters is 1. The Balaban J connectivity index is 2.00. The molecule has 1 heterocycles. The van der Waals surface area contributed by atoms with Crippen LogP contribution in [0.25, 0.3) is 0 Å². The van der Waals surface area contributed by atoms with Crippen molar-refractivity contribution in [2.75, 3.05) is 0 Å². The third kappa shape index (κ3) is 4.25. The summed E-state index contributed by atoms with van der Waals surface area (Å²) in [6.45, 7) is 5.43. The van der Waals surface area contributed by atoms with Crippen molar-refractivity contribution in [1.82, 2.24) is 0 Å². The van der Waals surface area contributed by atoms with Crippen LogP contribution in [0.4, 0.5) is 0 Å². The molecule has 3 rings (SSSR count). The number of fused-ring (bicyclic) bond motifs is 1. The molecule has 0 aromatic heterocycles. The van der Waals surface area contributed by atoms with Gasteiger partial charge in [-0.05, 0) is 25.1 Å². The first-order valence-corrected chi connectivity index (χ1v) is 9.23. The van der Waals surface area contributed by atoms with Crippen LogP contribution in [-0.4, -0.2) is 32.5 Å². The van der Waals surface area contributed by atoms with E-state index < -0.39 is 18.2 Å². The first kappa shape index (κ1) is 20.9. The van der Waals surface area contributed by atoms with Gasteiger partial charge in [-0.2, -0.15) is 0 Å². The second-order valence-electron chi connectivity index (χ2n) is 6.73. The quantitative estimate of drug-likeness (QED) is 0.256. The fourth-order valence-electron chi connectivity index (χ4n) is 3.18. The Kier molecular flexibility index (Phi) is 6.01. The Morgan fingerprint density at radius 1 is 1.13 bits per heavy atom. The number of hydrogen-bond acceptors (Lipinski definition) is 7. The monoisotopic (exact) mass is 410 g/mol. The van der Waals surface area contributed by atoms with Crippen molar-refractivity contribution in [2.24, 2.45) is 0 Å². The summed E-state index contributed by atoms with van der Waals surface area (Å²) in [6.07, 6.45) is 4.74. The minimum atomic E-state index is -0.863. The Hall–Kier alpha value is -3.87. The van der Waals surface area contributed by atoms with Crippen molar-refractivity contribution in [3.63, 3.8) is 0 Å². The van der Waals surface area contributed by atoms with Gasteiger partial charge in [0.2, 0.25) is 0 Å². The third-order valence-corrected chi connectivity index (χ3v) is 4.68. The normalized spacial score (nSPS) is 18.5. The molecule has 1 aliphatic heterocycles. The maximum atomic E-state index is 12.7. The van der Waals surface area contributed by atoms with Gasteiger partial charge in [0.1, 0.15) is 23.4 Å². The molecule has 2 atom stereocenters. The first-order chi connectivity index (χ1) is 14.3. The molecule has 0 saturated carbocycles. The van der Waals surface area contributed by atoms with Crippen LogP contribution in [0.15, 0.2) is 66.8 Å². The third-order valence-electron chi connectivity index (χ3n) is 4.68. The zero-order chi connectivity index (χ0) is 21.8. The van der Waals surface area contributed by atoms with Crippen LogP contribution < -0.4 is 4.74 Å². The average molecular weight is 410 g/mol. The maximum Gasteiger partial charge on any atom is 0.338 e. The van der Waals surface area contributed by atoms with Crippen LogP contribution in [-0.2, 0) is 16.0 Å². The van der Waals surface area contributed by atoms with E-state index in [0.717, 1.165) is 0 Å². The van der Waals surface area contributed by atoms with Crippen molar-refractivity contribution in [3.05, 3.63) is 77.9 Å². The predicted octanol–water partition coefficient (Wildman–Crippen LogP) is 3.79. The number of allylic oxidation sites excluding steroid dienone is 3. The molecule has 2 aromatic rings. The summed E-state index contributed by atoms with van der Waals surface area (Å²) in [4.78, 5) is 12.7. The summed E-state index contributed by atoms with van der Waals surface area (Å²) < 4.78 is 11.6. The van der Waals surface area contributed by atoms with Gasteiger partial charge < -0.3 is 29.9 Å². The minimum Gasteiger partial charge on any atom is -0.508 e. The molecule has 7 heteroatoms. The molecule has 0 spiro atoms. The molecule has 0 saturated heterocycles. The van der Waals surface area contributed by atoms with E-state index in [0.29, 0.717) is 11.1 Å². The van der Waals surface area contributed by atoms with E-state index in [4.69, 9.17) is 9.47 Å². The number of carbonyl (C=O) groups is 1. The van der Waals surface area contributed by atoms with Gasteiger partial charge in [-0.15, -0.1) is 0 Å². The second kappa shape index (κ2) is 8.65. The molecule has 0 amide bonds. The van der Waals surface area contributed by atoms with Gasteiger partial charge in [0, 0.05) is 29.7 Å². The summed E-state index contributed by atoms with van der Waals surface area (Å²) in [7, 11) is 0. The lowest BCUT2D eigenvalue weighted by molar-refractivity contribution is -0.150. The summed E-state index contributed by atoms with van der Waals surface area (Å²) >= 11 is 0. The van der Waals surface area contributed by atoms with Gasteiger partial charge in [-0.25, -0.2) is 4.79 Å². The van der Waals surface area contributed by atoms with Crippen molar-refractivity contribution < 1.29 is 34.7 Å². The second-order valence-corrected chi connectivity index (χ2v) is 6.73. The van der Waals surface area contributed by atoms with Crippen molar-refractivity contribution in [1.29, 1.82) is 0 Å². The number of carbonyl (C=O) groups excluding carboxylic acids is 1. The SMILES string of the molecule is C=C/C(=C\C=C/C)C(=O)O[C@@H]1Cc2c(O)cc(O)cc2OC1c1ccc(O)c(O)c1. The van der Waals surface area contributed by atoms with E-state index in [1.807, 2.05) is 0 Å². The highest BCUT2D eigenvalue weighted by atomic mass is 16.6. The Morgan fingerprint density at radius 2 is 1.90 bits per heavy atom. The number of ether oxygens (including phenoxy) is 2. The highest BCUT2D eigenvalue weighted by Crippen LogP contribution is 2.43. The topological polar surface area (TPSA) is 116 Å². The Labute approximate surface area is 173 Å². The van der Waals surface area contributed by atoms with E-state index in [1.165, 1.54) is 36.4 Å². The molecule has 0 radical (unpaired) electrons. The molecule has 156 valence electrons. The van der Waals surface area contributed by atoms with Crippen LogP contribution in [0.5, 0.6) is 28.7 Å². The number of phenolic OH excluding ortho intramolecular Hbond substituents is 4. The zero-order valence-electron chi connectivity index (χ0n) is 16.3. The van der Waals surface area contributed by atoms with E-state index in [-0.39, 0.29) is 40.7 Å². The van der Waals surface area contributed by atoms with E-state index in [1.54, 1.807) is 25.2 Å². The number of benzene rings is 2. The summed E-state index contributed by atoms with van der Waals surface area (Å²) in [5.74, 6) is -1.44. The molecular weight excluding hydrogens is 388 g/mol. The Morgan fingerprint density at radius 3 is 2.57 bits per heavy atom. The summed E-state index contributed by atoms with van der Waals surface area (Å²) in [5.41, 5.74) is 1.05. The van der Waals surface area contributed by atoms with Crippen molar-refractivity contribution in [3.8, 4) is 28.7 Å². The molecule has 0 bridgehead atoms. The van der Waals surface area contributed by atoms with Gasteiger partial charge in [0.25, 0.3) is 0 Å². The molecule has 1 aliphatic rings. The van der Waals surface area contributed by atoms with Crippen LogP contribution >= 0.6 is 0 Å². The van der Waals surface area contributed by atoms with Crippen LogP contribution in [0.3, 0.4) is 0 Å². The Bertz CT molecular complexity index is 1040. The first-order valence-electron chi connectivity index (χ1n) is 9.23. The maximum absolute atomic E-state index is 12.7. The van der Waals surface area contributed by atoms with Gasteiger partial charge in [-0.1, -0.05) is 30.9 Å². The standard InChI is InChI=1S/C23H22O7/c1-3-5-6-13(4-2)23(28)30-21-12-16-18(26)10-15(24)11-20(16)29-22(21)14-7-8-17(25)19(27)9-14/h3-11,21-22,24-27H,2,12H2,1H3/b5-3-,13-6+/t21-,22?/m1/s1. The zero-order valence-corrected chi connectivity index (χ0v) is 16.3. The fourth-order valence-corrected chi connectivity index (χ4v) is 3.18. The smallest absolute Gasteiger partial charge is 0.338 e. The van der Waals surface area contributed by atoms with E-state index in [9.17, 15) is 25.2 Å². The molecule has 4 N–H and O–H groups in total. The molecule has 0 aliphatic carbocycles. The number of rotatable bonds is 5. The summed E-state index contributed by atoms with van der Waals surface area (Å²) in [6, 6.07) is 6.65. The predicted molar refractivity (Wildman–Crippen MR) is 110 cm³/mol. The van der Waals surface area contributed by atoms with Gasteiger partial charge in [0.15, 0.2) is 17.6 Å². The molecule has 30 heavy (non-hydrogen) atoms. The van der Waals surface area contributed by atoms with Gasteiger partial charge >= 0.3 is 5.97 Å². The molecule has 7 nitrogen and oxygen atoms in total. The average Bonchev–Trinajstić information content (AvgIpc) is 2.70. The lowest BCUT2D eigenvalue weighted by Gasteiger charge is -2.34. The van der Waals surface area contributed by atoms with Crippen molar-refractivity contribution in [2.45, 2.75) is 25.6 Å². The largest absolute Gasteiger partial charge is 0.508 e. The highest BCUT2D eigenvalue weighted by Gasteiger charge is 2.36. The number of phenols is 4. The molecule has 0 fully saturated rings. The van der Waals surface area contributed by atoms with Crippen LogP contribution in [0.2, 0.25) is 0 Å². The van der Waals surface area contributed by atoms with Crippen LogP contribution in [0.1, 0.15) is 24.2 Å². The lowest BCUT2D eigenvalue weighted by Crippen LogP contribution is -2.35. The summed E-state index contributed by atoms with van der Waals surface area (Å²) in [5, 5.41) is 39.5. The minimum absolute atomic E-state index is 0.105. The van der Waals surface area contributed by atoms with E-state index in [2.05, 4.69) is 6.58 Å². The fraction of sp³-hybridized carbons (Fsp3) is 0.174. The lowest BCUT2D eigenvalue weighted by atomic mass is 9.93.